The van der Waals surface area contributed by atoms with E-state index in [2.05, 4.69) is 5.32 Å². The Morgan fingerprint density at radius 1 is 1.03 bits per heavy atom. The van der Waals surface area contributed by atoms with Gasteiger partial charge in [-0.3, -0.25) is 13.9 Å². The molecule has 1 N–H and O–H groups in total. The summed E-state index contributed by atoms with van der Waals surface area (Å²) in [4.78, 5) is 27.6. The molecule has 0 spiro atoms. The van der Waals surface area contributed by atoms with Gasteiger partial charge < -0.3 is 10.2 Å². The van der Waals surface area contributed by atoms with Crippen molar-refractivity contribution >= 4 is 27.5 Å². The first-order valence-electron chi connectivity index (χ1n) is 11.1. The summed E-state index contributed by atoms with van der Waals surface area (Å²) in [5, 5.41) is 2.83. The maximum absolute atomic E-state index is 14.4. The van der Waals surface area contributed by atoms with Gasteiger partial charge in [-0.2, -0.15) is 0 Å². The Kier molecular flexibility index (Phi) is 8.83. The second-order valence-corrected chi connectivity index (χ2v) is 11.2. The number of benzene rings is 2. The van der Waals surface area contributed by atoms with Crippen molar-refractivity contribution in [1.29, 1.82) is 0 Å². The number of hydrogen-bond donors (Lipinski definition) is 1. The molecule has 2 amide bonds. The van der Waals surface area contributed by atoms with E-state index in [1.807, 2.05) is 27.7 Å². The van der Waals surface area contributed by atoms with Crippen molar-refractivity contribution in [2.24, 2.45) is 0 Å². The lowest BCUT2D eigenvalue weighted by Crippen LogP contribution is -2.54. The van der Waals surface area contributed by atoms with Crippen molar-refractivity contribution in [3.8, 4) is 0 Å². The molecule has 34 heavy (non-hydrogen) atoms. The van der Waals surface area contributed by atoms with Gasteiger partial charge in [-0.25, -0.2) is 12.8 Å². The molecule has 0 saturated heterocycles. The van der Waals surface area contributed by atoms with Crippen molar-refractivity contribution in [3.05, 3.63) is 65.5 Å². The number of halogens is 1. The largest absolute Gasteiger partial charge is 0.350 e. The zero-order valence-electron chi connectivity index (χ0n) is 20.6. The predicted octanol–water partition coefficient (Wildman–Crippen LogP) is 3.49. The molecule has 0 aromatic heterocycles. The molecule has 0 unspecified atom stereocenters. The maximum Gasteiger partial charge on any atom is 0.244 e. The quantitative estimate of drug-likeness (QED) is 0.582. The van der Waals surface area contributed by atoms with Gasteiger partial charge >= 0.3 is 0 Å². The number of para-hydroxylation sites is 1. The van der Waals surface area contributed by atoms with Gasteiger partial charge in [0.15, 0.2) is 0 Å². The van der Waals surface area contributed by atoms with Crippen LogP contribution in [0.25, 0.3) is 0 Å². The minimum absolute atomic E-state index is 0.183. The Morgan fingerprint density at radius 3 is 2.12 bits per heavy atom. The molecule has 2 aromatic rings. The molecular weight excluding hydrogens is 457 g/mol. The molecule has 1 atom stereocenters. The van der Waals surface area contributed by atoms with Crippen LogP contribution in [-0.2, 0) is 32.6 Å². The van der Waals surface area contributed by atoms with Gasteiger partial charge in [-0.1, -0.05) is 43.3 Å². The Bertz CT molecular complexity index is 1130. The molecule has 7 nitrogen and oxygen atoms in total. The van der Waals surface area contributed by atoms with Crippen LogP contribution in [0.1, 0.15) is 45.7 Å². The van der Waals surface area contributed by atoms with Crippen LogP contribution in [-0.4, -0.2) is 49.5 Å². The van der Waals surface area contributed by atoms with Gasteiger partial charge in [0, 0.05) is 17.6 Å². The van der Waals surface area contributed by atoms with Crippen molar-refractivity contribution in [2.45, 2.75) is 59.2 Å². The molecule has 2 aromatic carbocycles. The molecule has 186 valence electrons. The fourth-order valence-electron chi connectivity index (χ4n) is 3.51. The van der Waals surface area contributed by atoms with Crippen LogP contribution in [0.5, 0.6) is 0 Å². The molecule has 0 bridgehead atoms. The summed E-state index contributed by atoms with van der Waals surface area (Å²) < 4.78 is 40.8. The second kappa shape index (κ2) is 11.0. The third-order valence-electron chi connectivity index (χ3n) is 5.28. The molecule has 0 aliphatic rings. The number of sulfonamides is 1. The van der Waals surface area contributed by atoms with Gasteiger partial charge in [0.05, 0.1) is 11.9 Å². The highest BCUT2D eigenvalue weighted by molar-refractivity contribution is 7.92. The van der Waals surface area contributed by atoms with E-state index >= 15 is 0 Å². The molecule has 2 rings (SSSR count). The SMILES string of the molecule is CCc1ccccc1N(CC(=O)N(Cc1ccccc1F)[C@H](C)C(=O)NC(C)(C)C)S(C)(=O)=O. The van der Waals surface area contributed by atoms with Crippen LogP contribution < -0.4 is 9.62 Å². The summed E-state index contributed by atoms with van der Waals surface area (Å²) >= 11 is 0. The molecule has 0 heterocycles. The number of carbonyl (C=O) groups excluding carboxylic acids is 2. The molecular formula is C25H34FN3O4S. The van der Waals surface area contributed by atoms with Gasteiger partial charge in [0.1, 0.15) is 18.4 Å². The lowest BCUT2D eigenvalue weighted by molar-refractivity contribution is -0.140. The Balaban J connectivity index is 2.46. The summed E-state index contributed by atoms with van der Waals surface area (Å²) in [5.41, 5.74) is 0.848. The average molecular weight is 492 g/mol. The summed E-state index contributed by atoms with van der Waals surface area (Å²) in [6.07, 6.45) is 1.60. The van der Waals surface area contributed by atoms with E-state index in [1.54, 1.807) is 37.3 Å². The summed E-state index contributed by atoms with van der Waals surface area (Å²) in [7, 11) is -3.82. The minimum atomic E-state index is -3.82. The predicted molar refractivity (Wildman–Crippen MR) is 132 cm³/mol. The zero-order valence-corrected chi connectivity index (χ0v) is 21.4. The zero-order chi connectivity index (χ0) is 25.7. The smallest absolute Gasteiger partial charge is 0.244 e. The van der Waals surface area contributed by atoms with Crippen molar-refractivity contribution in [1.82, 2.24) is 10.2 Å². The molecule has 0 radical (unpaired) electrons. The van der Waals surface area contributed by atoms with E-state index in [-0.39, 0.29) is 12.1 Å². The molecule has 0 saturated carbocycles. The highest BCUT2D eigenvalue weighted by Gasteiger charge is 2.32. The first-order chi connectivity index (χ1) is 15.7. The summed E-state index contributed by atoms with van der Waals surface area (Å²) in [6.45, 7) is 8.18. The Morgan fingerprint density at radius 2 is 1.59 bits per heavy atom. The minimum Gasteiger partial charge on any atom is -0.350 e. The first kappa shape index (κ1) is 27.3. The van der Waals surface area contributed by atoms with Gasteiger partial charge in [0.2, 0.25) is 21.8 Å². The number of hydrogen-bond acceptors (Lipinski definition) is 4. The molecule has 0 fully saturated rings. The lowest BCUT2D eigenvalue weighted by Gasteiger charge is -2.33. The number of carbonyl (C=O) groups is 2. The van der Waals surface area contributed by atoms with Crippen LogP contribution in [0.4, 0.5) is 10.1 Å². The number of rotatable bonds is 9. The van der Waals surface area contributed by atoms with E-state index in [4.69, 9.17) is 0 Å². The normalized spacial score (nSPS) is 12.7. The average Bonchev–Trinajstić information content (AvgIpc) is 2.74. The molecule has 0 aliphatic heterocycles. The number of nitrogens with zero attached hydrogens (tertiary/aromatic N) is 2. The van der Waals surface area contributed by atoms with Gasteiger partial charge in [-0.05, 0) is 51.8 Å². The fourth-order valence-corrected chi connectivity index (χ4v) is 4.40. The van der Waals surface area contributed by atoms with Crippen LogP contribution in [0, 0.1) is 5.82 Å². The van der Waals surface area contributed by atoms with Crippen LogP contribution >= 0.6 is 0 Å². The topological polar surface area (TPSA) is 86.8 Å². The van der Waals surface area contributed by atoms with Crippen molar-refractivity contribution < 1.29 is 22.4 Å². The van der Waals surface area contributed by atoms with Crippen LogP contribution in [0.3, 0.4) is 0 Å². The van der Waals surface area contributed by atoms with E-state index < -0.39 is 45.8 Å². The van der Waals surface area contributed by atoms with Crippen molar-refractivity contribution in [3.63, 3.8) is 0 Å². The van der Waals surface area contributed by atoms with Gasteiger partial charge in [-0.15, -0.1) is 0 Å². The van der Waals surface area contributed by atoms with Gasteiger partial charge in [0.25, 0.3) is 0 Å². The second-order valence-electron chi connectivity index (χ2n) is 9.28. The van der Waals surface area contributed by atoms with E-state index in [9.17, 15) is 22.4 Å². The number of nitrogens with one attached hydrogen (secondary N) is 1. The lowest BCUT2D eigenvalue weighted by atomic mass is 10.1. The highest BCUT2D eigenvalue weighted by Crippen LogP contribution is 2.24. The van der Waals surface area contributed by atoms with E-state index in [0.717, 1.165) is 16.1 Å². The fraction of sp³-hybridized carbons (Fsp3) is 0.440. The monoisotopic (exact) mass is 491 g/mol. The third kappa shape index (κ3) is 7.28. The van der Waals surface area contributed by atoms with Crippen molar-refractivity contribution in [2.75, 3.05) is 17.1 Å². The van der Waals surface area contributed by atoms with Crippen LogP contribution in [0.15, 0.2) is 48.5 Å². The summed E-state index contributed by atoms with van der Waals surface area (Å²) in [5.74, 6) is -1.55. The first-order valence-corrected chi connectivity index (χ1v) is 13.0. The number of aryl methyl sites for hydroxylation is 1. The molecule has 0 aliphatic carbocycles. The van der Waals surface area contributed by atoms with E-state index in [0.29, 0.717) is 12.1 Å². The third-order valence-corrected chi connectivity index (χ3v) is 6.41. The Hall–Kier alpha value is -2.94. The Labute approximate surface area is 202 Å². The standard InChI is InChI=1S/C25H34FN3O4S/c1-7-19-12-9-11-15-22(19)29(34(6,32)33)17-23(30)28(16-20-13-8-10-14-21(20)26)18(2)24(31)27-25(3,4)5/h8-15,18H,7,16-17H2,1-6H3,(H,27,31)/t18-/m1/s1. The van der Waals surface area contributed by atoms with E-state index in [1.165, 1.54) is 23.1 Å². The number of amides is 2. The number of anilines is 1. The highest BCUT2D eigenvalue weighted by atomic mass is 32.2. The maximum atomic E-state index is 14.4. The molecule has 9 heteroatoms. The van der Waals surface area contributed by atoms with Crippen LogP contribution in [0.2, 0.25) is 0 Å². The summed E-state index contributed by atoms with van der Waals surface area (Å²) in [6, 6.07) is 12.0.